The molecule has 0 aromatic heterocycles. The van der Waals surface area contributed by atoms with Gasteiger partial charge in [0.15, 0.2) is 0 Å². The summed E-state index contributed by atoms with van der Waals surface area (Å²) in [5.74, 6) is -0.288. The van der Waals surface area contributed by atoms with E-state index >= 15 is 0 Å². The molecular weight excluding hydrogens is 527 g/mol. The largest absolute Gasteiger partial charge is 0.507 e. The molecule has 13 heteroatoms. The van der Waals surface area contributed by atoms with E-state index < -0.39 is 27.9 Å². The minimum Gasteiger partial charge on any atom is -0.507 e. The highest BCUT2D eigenvalue weighted by Gasteiger charge is 2.30. The molecule has 5 rings (SSSR count). The zero-order chi connectivity index (χ0) is 27.7. The van der Waals surface area contributed by atoms with E-state index in [1.807, 2.05) is 0 Å². The summed E-state index contributed by atoms with van der Waals surface area (Å²) in [4.78, 5) is 23.1. The van der Waals surface area contributed by atoms with Gasteiger partial charge in [-0.25, -0.2) is 4.79 Å². The lowest BCUT2D eigenvalue weighted by atomic mass is 10.1. The normalized spacial score (nSPS) is 12.4. The fourth-order valence-corrected chi connectivity index (χ4v) is 4.35. The quantitative estimate of drug-likeness (QED) is 0.209. The Kier molecular flexibility index (Phi) is 6.98. The second-order valence-electron chi connectivity index (χ2n) is 7.98. The molecule has 0 aliphatic carbocycles. The monoisotopic (exact) mass is 545 g/mol. The first kappa shape index (κ1) is 26.4. The van der Waals surface area contributed by atoms with E-state index in [0.29, 0.717) is 27.7 Å². The van der Waals surface area contributed by atoms with Gasteiger partial charge in [-0.15, -0.1) is 0 Å². The van der Waals surface area contributed by atoms with Gasteiger partial charge in [-0.2, -0.15) is 21.6 Å². The first-order chi connectivity index (χ1) is 17.8. The summed E-state index contributed by atoms with van der Waals surface area (Å²) in [5, 5.41) is 17.5. The number of hydrogen-bond acceptors (Lipinski definition) is 5. The molecule has 1 aliphatic rings. The smallest absolute Gasteiger partial charge is 0.416 e. The molecule has 0 spiro atoms. The summed E-state index contributed by atoms with van der Waals surface area (Å²) in [7, 11) is -4.26. The van der Waals surface area contributed by atoms with E-state index in [4.69, 9.17) is 4.55 Å². The molecule has 4 aromatic rings. The number of benzene rings is 4. The predicted molar refractivity (Wildman–Crippen MR) is 134 cm³/mol. The van der Waals surface area contributed by atoms with Crippen LogP contribution in [0, 0.1) is 0 Å². The zero-order valence-electron chi connectivity index (χ0n) is 19.1. The van der Waals surface area contributed by atoms with Gasteiger partial charge in [-0.3, -0.25) is 9.35 Å². The molecule has 2 bridgehead atoms. The molecule has 3 amide bonds. The van der Waals surface area contributed by atoms with Crippen LogP contribution in [-0.4, -0.2) is 30.0 Å². The molecule has 0 radical (unpaired) electrons. The highest BCUT2D eigenvalue weighted by atomic mass is 32.2. The lowest BCUT2D eigenvalue weighted by Gasteiger charge is -2.11. The van der Waals surface area contributed by atoms with Crippen LogP contribution in [0.4, 0.5) is 35.0 Å². The first-order valence-corrected chi connectivity index (χ1v) is 12.2. The third kappa shape index (κ3) is 5.85. The first-order valence-electron chi connectivity index (χ1n) is 10.7. The van der Waals surface area contributed by atoms with Gasteiger partial charge in [0.2, 0.25) is 0 Å². The number of nitrogens with one attached hydrogen (secondary N) is 3. The minimum atomic E-state index is -4.49. The van der Waals surface area contributed by atoms with Gasteiger partial charge in [0.1, 0.15) is 10.6 Å². The van der Waals surface area contributed by atoms with Crippen molar-refractivity contribution < 1.29 is 40.8 Å². The number of amides is 3. The topological polar surface area (TPSA) is 145 Å². The van der Waals surface area contributed by atoms with E-state index in [2.05, 4.69) is 16.0 Å². The maximum absolute atomic E-state index is 12.6. The number of phenols is 1. The van der Waals surface area contributed by atoms with E-state index in [-0.39, 0.29) is 22.2 Å². The van der Waals surface area contributed by atoms with Crippen molar-refractivity contribution in [3.05, 3.63) is 90.0 Å². The van der Waals surface area contributed by atoms with Crippen LogP contribution in [0.2, 0.25) is 0 Å². The predicted octanol–water partition coefficient (Wildman–Crippen LogP) is 5.71. The number of fused-ring (bicyclic) bond motifs is 3. The van der Waals surface area contributed by atoms with Gasteiger partial charge in [-0.05, 0) is 48.5 Å². The number of carbonyl (C=O) groups excluding carboxylic acids is 2. The summed E-state index contributed by atoms with van der Waals surface area (Å²) >= 11 is 0. The third-order valence-corrected chi connectivity index (χ3v) is 6.27. The Labute approximate surface area is 213 Å². The van der Waals surface area contributed by atoms with Crippen molar-refractivity contribution >= 4 is 49.9 Å². The molecule has 0 unspecified atom stereocenters. The number of urea groups is 1. The van der Waals surface area contributed by atoms with E-state index in [0.717, 1.165) is 12.1 Å². The fourth-order valence-electron chi connectivity index (χ4n) is 3.64. The number of carbonyl (C=O) groups is 2. The Hall–Kier alpha value is -4.62. The Morgan fingerprint density at radius 3 is 2.26 bits per heavy atom. The van der Waals surface area contributed by atoms with Crippen molar-refractivity contribution in [2.45, 2.75) is 11.1 Å². The molecule has 4 aromatic carbocycles. The van der Waals surface area contributed by atoms with Crippen molar-refractivity contribution in [1.82, 2.24) is 0 Å². The molecule has 0 atom stereocenters. The Morgan fingerprint density at radius 1 is 0.868 bits per heavy atom. The second-order valence-corrected chi connectivity index (χ2v) is 9.37. The molecule has 9 nitrogen and oxygen atoms in total. The third-order valence-electron chi connectivity index (χ3n) is 5.36. The van der Waals surface area contributed by atoms with Gasteiger partial charge in [-0.1, -0.05) is 30.3 Å². The van der Waals surface area contributed by atoms with Crippen molar-refractivity contribution in [3.63, 3.8) is 0 Å². The Balaban J connectivity index is 0.000000194. The van der Waals surface area contributed by atoms with E-state index in [1.165, 1.54) is 54.6 Å². The van der Waals surface area contributed by atoms with Crippen LogP contribution >= 0.6 is 0 Å². The molecule has 1 aliphatic heterocycles. The van der Waals surface area contributed by atoms with Gasteiger partial charge in [0, 0.05) is 22.0 Å². The van der Waals surface area contributed by atoms with Crippen LogP contribution < -0.4 is 16.0 Å². The molecule has 0 fully saturated rings. The van der Waals surface area contributed by atoms with Gasteiger partial charge in [0.05, 0.1) is 16.9 Å². The lowest BCUT2D eigenvalue weighted by Crippen LogP contribution is -2.20. The molecule has 0 saturated heterocycles. The summed E-state index contributed by atoms with van der Waals surface area (Å²) < 4.78 is 68.9. The van der Waals surface area contributed by atoms with Crippen molar-refractivity contribution in [2.24, 2.45) is 0 Å². The zero-order valence-corrected chi connectivity index (χ0v) is 19.9. The van der Waals surface area contributed by atoms with Crippen molar-refractivity contribution in [2.75, 3.05) is 16.0 Å². The van der Waals surface area contributed by atoms with Crippen molar-refractivity contribution in [3.8, 4) is 5.75 Å². The average molecular weight is 545 g/mol. The van der Waals surface area contributed by atoms with Crippen LogP contribution in [0.5, 0.6) is 5.75 Å². The molecular formula is C25H18F3N3O6S. The van der Waals surface area contributed by atoms with Crippen LogP contribution in [0.1, 0.15) is 15.9 Å². The van der Waals surface area contributed by atoms with Crippen LogP contribution in [0.3, 0.4) is 0 Å². The number of phenolic OH excluding ortho intramolecular Hbond substituents is 1. The highest BCUT2D eigenvalue weighted by molar-refractivity contribution is 7.86. The molecule has 1 heterocycles. The Morgan fingerprint density at radius 2 is 1.55 bits per heavy atom. The molecule has 38 heavy (non-hydrogen) atoms. The second kappa shape index (κ2) is 10.0. The summed E-state index contributed by atoms with van der Waals surface area (Å²) in [6.45, 7) is 0. The summed E-state index contributed by atoms with van der Waals surface area (Å²) in [5.41, 5.74) is 0.416. The summed E-state index contributed by atoms with van der Waals surface area (Å²) in [6.07, 6.45) is -4.49. The maximum Gasteiger partial charge on any atom is 0.416 e. The maximum atomic E-state index is 12.6. The fraction of sp³-hybridized carbons (Fsp3) is 0.0400. The van der Waals surface area contributed by atoms with Gasteiger partial charge in [0.25, 0.3) is 16.0 Å². The van der Waals surface area contributed by atoms with Crippen LogP contribution in [0.25, 0.3) is 10.8 Å². The number of aromatic hydroxyl groups is 1. The molecule has 5 N–H and O–H groups in total. The standard InChI is InChI=1S/C15H10F3N3O2.C10H8O4S/c16-15(17,18)9-2-1-3-10(7-9)19-14(23)21-11-5-4-8-6-12(11)20-13(8)22;11-9-5-1-4-8-7(9)3-2-6-10(8)15(12,13)14/h1-7H,(H,20,22)(H2,19,21,23);1-6,11H,(H,12,13,14). The van der Waals surface area contributed by atoms with Crippen molar-refractivity contribution in [1.29, 1.82) is 0 Å². The number of hydrogen-bond donors (Lipinski definition) is 5. The summed E-state index contributed by atoms with van der Waals surface area (Å²) in [6, 6.07) is 17.1. The molecule has 196 valence electrons. The number of anilines is 3. The average Bonchev–Trinajstić information content (AvgIpc) is 3.14. The van der Waals surface area contributed by atoms with Crippen LogP contribution in [-0.2, 0) is 16.3 Å². The number of rotatable bonds is 3. The van der Waals surface area contributed by atoms with E-state index in [1.54, 1.807) is 12.1 Å². The number of alkyl halides is 3. The minimum absolute atomic E-state index is 0.00871. The van der Waals surface area contributed by atoms with Gasteiger partial charge >= 0.3 is 12.2 Å². The van der Waals surface area contributed by atoms with E-state index in [9.17, 15) is 36.3 Å². The number of halogens is 3. The highest BCUT2D eigenvalue weighted by Crippen LogP contribution is 2.32. The molecule has 0 saturated carbocycles. The van der Waals surface area contributed by atoms with Gasteiger partial charge < -0.3 is 21.1 Å². The SMILES string of the molecule is O=C(Nc1cccc(C(F)(F)F)c1)Nc1ccc2cc1NC2=O.O=S(=O)(O)c1cccc2c(O)cccc12. The Bertz CT molecular complexity index is 1670. The lowest BCUT2D eigenvalue weighted by molar-refractivity contribution is -0.137. The van der Waals surface area contributed by atoms with Crippen LogP contribution in [0.15, 0.2) is 83.8 Å².